The molecule has 19 heavy (non-hydrogen) atoms. The lowest BCUT2D eigenvalue weighted by Gasteiger charge is -2.19. The second kappa shape index (κ2) is 6.58. The molecule has 0 fully saturated rings. The van der Waals surface area contributed by atoms with Crippen molar-refractivity contribution in [2.75, 3.05) is 19.6 Å². The number of hydrogen-bond acceptors (Lipinski definition) is 1. The maximum absolute atomic E-state index is 3.85. The van der Waals surface area contributed by atoms with Crippen molar-refractivity contribution >= 4 is 10.9 Å². The lowest BCUT2D eigenvalue weighted by Crippen LogP contribution is -2.27. The van der Waals surface area contributed by atoms with Crippen molar-refractivity contribution in [1.29, 1.82) is 0 Å². The molecule has 2 nitrogen and oxygen atoms in total. The van der Waals surface area contributed by atoms with E-state index in [4.69, 9.17) is 0 Å². The van der Waals surface area contributed by atoms with E-state index in [2.05, 4.69) is 54.6 Å². The molecule has 0 atom stereocenters. The second-order valence-corrected chi connectivity index (χ2v) is 5.11. The molecule has 0 aliphatic rings. The van der Waals surface area contributed by atoms with E-state index in [1.807, 2.05) is 6.08 Å². The van der Waals surface area contributed by atoms with Gasteiger partial charge in [0, 0.05) is 29.7 Å². The van der Waals surface area contributed by atoms with Gasteiger partial charge in [-0.25, -0.2) is 0 Å². The van der Waals surface area contributed by atoms with E-state index in [1.165, 1.54) is 28.6 Å². The highest BCUT2D eigenvalue weighted by atomic mass is 15.1. The summed E-state index contributed by atoms with van der Waals surface area (Å²) >= 11 is 0. The zero-order chi connectivity index (χ0) is 13.7. The number of nitrogens with one attached hydrogen (secondary N) is 1. The molecule has 0 bridgehead atoms. The normalized spacial score (nSPS) is 11.3. The maximum Gasteiger partial charge on any atom is 0.0458 e. The number of para-hydroxylation sites is 1. The maximum atomic E-state index is 3.85. The minimum atomic E-state index is 0.981. The number of aromatic nitrogens is 1. The predicted octanol–water partition coefficient (Wildman–Crippen LogP) is 3.92. The Balaban J connectivity index is 2.12. The molecule has 0 spiro atoms. The number of fused-ring (bicyclic) bond motifs is 1. The van der Waals surface area contributed by atoms with Gasteiger partial charge in [-0.1, -0.05) is 31.2 Å². The number of rotatable bonds is 7. The lowest BCUT2D eigenvalue weighted by molar-refractivity contribution is 0.307. The number of aryl methyl sites for hydroxylation is 1. The molecule has 0 unspecified atom stereocenters. The van der Waals surface area contributed by atoms with Gasteiger partial charge in [0.25, 0.3) is 0 Å². The Bertz CT molecular complexity index is 539. The first-order chi connectivity index (χ1) is 9.26. The van der Waals surface area contributed by atoms with Crippen LogP contribution in [-0.2, 0) is 6.42 Å². The third-order valence-electron chi connectivity index (χ3n) is 3.63. The average Bonchev–Trinajstić information content (AvgIpc) is 2.72. The lowest BCUT2D eigenvalue weighted by atomic mass is 10.1. The quantitative estimate of drug-likeness (QED) is 0.744. The molecule has 2 heteroatoms. The standard InChI is InChI=1S/C17H24N2/c1-4-11-19(12-5-2)13-10-15-14(3)18-17-9-7-6-8-16(15)17/h4,6-9,18H,1,5,10-13H2,2-3H3. The summed E-state index contributed by atoms with van der Waals surface area (Å²) in [5.74, 6) is 0. The number of aromatic amines is 1. The van der Waals surface area contributed by atoms with Crippen LogP contribution in [0.25, 0.3) is 10.9 Å². The fraction of sp³-hybridized carbons (Fsp3) is 0.412. The average molecular weight is 256 g/mol. The highest BCUT2D eigenvalue weighted by Gasteiger charge is 2.09. The molecule has 1 aromatic heterocycles. The first kappa shape index (κ1) is 13.9. The molecule has 0 aliphatic heterocycles. The van der Waals surface area contributed by atoms with Crippen LogP contribution in [0.1, 0.15) is 24.6 Å². The van der Waals surface area contributed by atoms with Gasteiger partial charge in [0.15, 0.2) is 0 Å². The third-order valence-corrected chi connectivity index (χ3v) is 3.63. The molecule has 0 aliphatic carbocycles. The Hall–Kier alpha value is -1.54. The van der Waals surface area contributed by atoms with E-state index in [9.17, 15) is 0 Å². The summed E-state index contributed by atoms with van der Waals surface area (Å²) in [6.45, 7) is 11.5. The number of hydrogen-bond donors (Lipinski definition) is 1. The highest BCUT2D eigenvalue weighted by Crippen LogP contribution is 2.22. The van der Waals surface area contributed by atoms with Gasteiger partial charge < -0.3 is 4.98 Å². The van der Waals surface area contributed by atoms with Gasteiger partial charge in [-0.2, -0.15) is 0 Å². The van der Waals surface area contributed by atoms with E-state index in [1.54, 1.807) is 0 Å². The minimum Gasteiger partial charge on any atom is -0.358 e. The number of H-pyrrole nitrogens is 1. The van der Waals surface area contributed by atoms with Crippen molar-refractivity contribution in [3.05, 3.63) is 48.2 Å². The van der Waals surface area contributed by atoms with Gasteiger partial charge in [0.05, 0.1) is 0 Å². The molecule has 0 amide bonds. The predicted molar refractivity (Wildman–Crippen MR) is 83.7 cm³/mol. The summed E-state index contributed by atoms with van der Waals surface area (Å²) in [6, 6.07) is 8.57. The SMILES string of the molecule is C=CCN(CCC)CCc1c(C)[nH]c2ccccc12. The first-order valence-corrected chi connectivity index (χ1v) is 7.15. The Kier molecular flexibility index (Phi) is 4.80. The third kappa shape index (κ3) is 3.27. The van der Waals surface area contributed by atoms with Gasteiger partial charge in [-0.05, 0) is 37.9 Å². The van der Waals surface area contributed by atoms with Crippen molar-refractivity contribution < 1.29 is 0 Å². The largest absolute Gasteiger partial charge is 0.358 e. The molecule has 1 aromatic carbocycles. The topological polar surface area (TPSA) is 19.0 Å². The summed E-state index contributed by atoms with van der Waals surface area (Å²) in [4.78, 5) is 5.94. The monoisotopic (exact) mass is 256 g/mol. The summed E-state index contributed by atoms with van der Waals surface area (Å²) in [7, 11) is 0. The Morgan fingerprint density at radius 1 is 1.26 bits per heavy atom. The molecule has 2 aromatic rings. The second-order valence-electron chi connectivity index (χ2n) is 5.11. The van der Waals surface area contributed by atoms with Crippen molar-refractivity contribution in [3.8, 4) is 0 Å². The van der Waals surface area contributed by atoms with Crippen molar-refractivity contribution in [3.63, 3.8) is 0 Å². The van der Waals surface area contributed by atoms with Crippen LogP contribution in [0.4, 0.5) is 0 Å². The zero-order valence-electron chi connectivity index (χ0n) is 12.1. The molecule has 1 N–H and O–H groups in total. The fourth-order valence-electron chi connectivity index (χ4n) is 2.72. The summed E-state index contributed by atoms with van der Waals surface area (Å²) in [6.07, 6.45) is 4.29. The van der Waals surface area contributed by atoms with Crippen LogP contribution in [0.5, 0.6) is 0 Å². The fourth-order valence-corrected chi connectivity index (χ4v) is 2.72. The van der Waals surface area contributed by atoms with Crippen LogP contribution in [0.3, 0.4) is 0 Å². The van der Waals surface area contributed by atoms with Crippen molar-refractivity contribution in [2.24, 2.45) is 0 Å². The first-order valence-electron chi connectivity index (χ1n) is 7.15. The molecule has 0 radical (unpaired) electrons. The van der Waals surface area contributed by atoms with Gasteiger partial charge >= 0.3 is 0 Å². The van der Waals surface area contributed by atoms with Gasteiger partial charge in [0.2, 0.25) is 0 Å². The van der Waals surface area contributed by atoms with Gasteiger partial charge in [0.1, 0.15) is 0 Å². The van der Waals surface area contributed by atoms with E-state index in [-0.39, 0.29) is 0 Å². The molecular weight excluding hydrogens is 232 g/mol. The van der Waals surface area contributed by atoms with Crippen LogP contribution < -0.4 is 0 Å². The Morgan fingerprint density at radius 3 is 2.79 bits per heavy atom. The molecule has 102 valence electrons. The summed E-state index contributed by atoms with van der Waals surface area (Å²) in [5, 5.41) is 1.37. The van der Waals surface area contributed by atoms with Crippen molar-refractivity contribution in [2.45, 2.75) is 26.7 Å². The minimum absolute atomic E-state index is 0.981. The van der Waals surface area contributed by atoms with E-state index < -0.39 is 0 Å². The van der Waals surface area contributed by atoms with Crippen LogP contribution >= 0.6 is 0 Å². The summed E-state index contributed by atoms with van der Waals surface area (Å²) in [5.41, 5.74) is 4.01. The van der Waals surface area contributed by atoms with E-state index in [0.717, 1.165) is 26.1 Å². The number of nitrogens with zero attached hydrogens (tertiary/aromatic N) is 1. The molecule has 2 rings (SSSR count). The molecule has 0 saturated heterocycles. The van der Waals surface area contributed by atoms with Crippen LogP contribution in [0.2, 0.25) is 0 Å². The van der Waals surface area contributed by atoms with Crippen LogP contribution in [0.15, 0.2) is 36.9 Å². The Morgan fingerprint density at radius 2 is 2.05 bits per heavy atom. The molecule has 0 saturated carbocycles. The molecular formula is C17H24N2. The molecule has 1 heterocycles. The van der Waals surface area contributed by atoms with Gasteiger partial charge in [-0.3, -0.25) is 4.90 Å². The van der Waals surface area contributed by atoms with Gasteiger partial charge in [-0.15, -0.1) is 6.58 Å². The zero-order valence-corrected chi connectivity index (χ0v) is 12.1. The number of benzene rings is 1. The summed E-state index contributed by atoms with van der Waals surface area (Å²) < 4.78 is 0. The van der Waals surface area contributed by atoms with E-state index in [0.29, 0.717) is 0 Å². The smallest absolute Gasteiger partial charge is 0.0458 e. The highest BCUT2D eigenvalue weighted by molar-refractivity contribution is 5.84. The van der Waals surface area contributed by atoms with Crippen LogP contribution in [0, 0.1) is 6.92 Å². The van der Waals surface area contributed by atoms with Crippen LogP contribution in [-0.4, -0.2) is 29.5 Å². The Labute approximate surface area is 116 Å². The van der Waals surface area contributed by atoms with Crippen molar-refractivity contribution in [1.82, 2.24) is 9.88 Å². The van der Waals surface area contributed by atoms with E-state index >= 15 is 0 Å².